The van der Waals surface area contributed by atoms with E-state index in [2.05, 4.69) is 0 Å². The Morgan fingerprint density at radius 3 is 2.30 bits per heavy atom. The van der Waals surface area contributed by atoms with Gasteiger partial charge < -0.3 is 10.2 Å². The lowest BCUT2D eigenvalue weighted by atomic mass is 9.99. The summed E-state index contributed by atoms with van der Waals surface area (Å²) in [5.74, 6) is -0.770. The standard InChI is InChI=1S/C17H12O3/c18-16-10-12-6-7-13(17(19)20)8-14(12)9-15(16)11-4-2-1-3-5-11/h1-10,18H,(H,19,20). The lowest BCUT2D eigenvalue weighted by Gasteiger charge is -2.08. The van der Waals surface area contributed by atoms with E-state index in [4.69, 9.17) is 5.11 Å². The summed E-state index contributed by atoms with van der Waals surface area (Å²) in [6.45, 7) is 0. The molecule has 0 aliphatic rings. The maximum atomic E-state index is 11.0. The van der Waals surface area contributed by atoms with Gasteiger partial charge in [0.05, 0.1) is 5.56 Å². The van der Waals surface area contributed by atoms with Gasteiger partial charge in [-0.3, -0.25) is 0 Å². The number of aromatic hydroxyl groups is 1. The predicted octanol–water partition coefficient (Wildman–Crippen LogP) is 3.91. The average Bonchev–Trinajstić information content (AvgIpc) is 2.47. The molecule has 0 unspecified atom stereocenters. The molecule has 3 heteroatoms. The van der Waals surface area contributed by atoms with Crippen LogP contribution in [-0.2, 0) is 0 Å². The topological polar surface area (TPSA) is 57.5 Å². The molecular weight excluding hydrogens is 252 g/mol. The summed E-state index contributed by atoms with van der Waals surface area (Å²) >= 11 is 0. The Morgan fingerprint density at radius 1 is 0.850 bits per heavy atom. The zero-order chi connectivity index (χ0) is 14.1. The second kappa shape index (κ2) is 4.70. The molecule has 2 N–H and O–H groups in total. The van der Waals surface area contributed by atoms with Crippen molar-refractivity contribution >= 4 is 16.7 Å². The fraction of sp³-hybridized carbons (Fsp3) is 0. The first-order chi connectivity index (χ1) is 9.65. The summed E-state index contributed by atoms with van der Waals surface area (Å²) in [6, 6.07) is 17.8. The van der Waals surface area contributed by atoms with E-state index in [0.29, 0.717) is 5.56 Å². The maximum Gasteiger partial charge on any atom is 0.335 e. The van der Waals surface area contributed by atoms with Crippen LogP contribution in [0, 0.1) is 0 Å². The first-order valence-corrected chi connectivity index (χ1v) is 6.20. The summed E-state index contributed by atoms with van der Waals surface area (Å²) in [5, 5.41) is 20.8. The lowest BCUT2D eigenvalue weighted by molar-refractivity contribution is 0.0697. The Morgan fingerprint density at radius 2 is 1.60 bits per heavy atom. The maximum absolute atomic E-state index is 11.0. The first-order valence-electron chi connectivity index (χ1n) is 6.20. The SMILES string of the molecule is O=C(O)c1ccc2cc(O)c(-c3ccccc3)cc2c1. The molecule has 0 atom stereocenters. The molecule has 3 aromatic rings. The number of phenolic OH excluding ortho intramolecular Hbond substituents is 1. The fourth-order valence-electron chi connectivity index (χ4n) is 2.27. The summed E-state index contributed by atoms with van der Waals surface area (Å²) in [5.41, 5.74) is 1.83. The van der Waals surface area contributed by atoms with Gasteiger partial charge in [-0.25, -0.2) is 4.79 Å². The monoisotopic (exact) mass is 264 g/mol. The molecular formula is C17H12O3. The van der Waals surface area contributed by atoms with Crippen molar-refractivity contribution < 1.29 is 15.0 Å². The number of aromatic carboxylic acids is 1. The number of phenols is 1. The Balaban J connectivity index is 2.23. The third-order valence-electron chi connectivity index (χ3n) is 3.29. The molecule has 0 heterocycles. The van der Waals surface area contributed by atoms with E-state index in [1.165, 1.54) is 6.07 Å². The molecule has 0 radical (unpaired) electrons. The summed E-state index contributed by atoms with van der Waals surface area (Å²) < 4.78 is 0. The van der Waals surface area contributed by atoms with Crippen molar-refractivity contribution in [1.29, 1.82) is 0 Å². The summed E-state index contributed by atoms with van der Waals surface area (Å²) in [6.07, 6.45) is 0. The average molecular weight is 264 g/mol. The highest BCUT2D eigenvalue weighted by Crippen LogP contribution is 2.33. The number of carboxylic acid groups (broad SMARTS) is 1. The van der Waals surface area contributed by atoms with E-state index in [9.17, 15) is 9.90 Å². The molecule has 20 heavy (non-hydrogen) atoms. The lowest BCUT2D eigenvalue weighted by Crippen LogP contribution is -1.95. The van der Waals surface area contributed by atoms with Crippen molar-refractivity contribution in [2.24, 2.45) is 0 Å². The normalized spacial score (nSPS) is 10.6. The number of fused-ring (bicyclic) bond motifs is 1. The molecule has 0 fully saturated rings. The van der Waals surface area contributed by atoms with Crippen LogP contribution in [0.5, 0.6) is 5.75 Å². The van der Waals surface area contributed by atoms with Crippen molar-refractivity contribution in [3.8, 4) is 16.9 Å². The highest BCUT2D eigenvalue weighted by atomic mass is 16.4. The second-order valence-corrected chi connectivity index (χ2v) is 4.60. The molecule has 3 aromatic carbocycles. The van der Waals surface area contributed by atoms with E-state index in [0.717, 1.165) is 16.3 Å². The van der Waals surface area contributed by atoms with Gasteiger partial charge in [-0.1, -0.05) is 36.4 Å². The van der Waals surface area contributed by atoms with Crippen molar-refractivity contribution in [3.63, 3.8) is 0 Å². The highest BCUT2D eigenvalue weighted by Gasteiger charge is 2.08. The molecule has 0 aromatic heterocycles. The Hall–Kier alpha value is -2.81. The molecule has 98 valence electrons. The minimum absolute atomic E-state index is 0.187. The fourth-order valence-corrected chi connectivity index (χ4v) is 2.27. The quantitative estimate of drug-likeness (QED) is 0.737. The molecule has 0 saturated heterocycles. The highest BCUT2D eigenvalue weighted by molar-refractivity contribution is 5.97. The number of carbonyl (C=O) groups is 1. The van der Waals surface area contributed by atoms with Gasteiger partial charge in [0.25, 0.3) is 0 Å². The molecule has 0 spiro atoms. The van der Waals surface area contributed by atoms with Crippen LogP contribution in [-0.4, -0.2) is 16.2 Å². The molecule has 0 bridgehead atoms. The number of hydrogen-bond donors (Lipinski definition) is 2. The predicted molar refractivity (Wildman–Crippen MR) is 78.0 cm³/mol. The van der Waals surface area contributed by atoms with Crippen LogP contribution < -0.4 is 0 Å². The zero-order valence-corrected chi connectivity index (χ0v) is 10.6. The molecule has 0 aliphatic carbocycles. The van der Waals surface area contributed by atoms with Crippen LogP contribution in [0.4, 0.5) is 0 Å². The number of hydrogen-bond acceptors (Lipinski definition) is 2. The van der Waals surface area contributed by atoms with Crippen LogP contribution in [0.3, 0.4) is 0 Å². The van der Waals surface area contributed by atoms with Gasteiger partial charge in [0.2, 0.25) is 0 Å². The van der Waals surface area contributed by atoms with Crippen molar-refractivity contribution in [2.45, 2.75) is 0 Å². The third-order valence-corrected chi connectivity index (χ3v) is 3.29. The van der Waals surface area contributed by atoms with Gasteiger partial charge in [-0.15, -0.1) is 0 Å². The Labute approximate surface area is 115 Å². The Kier molecular flexibility index (Phi) is 2.88. The van der Waals surface area contributed by atoms with Crippen molar-refractivity contribution in [2.75, 3.05) is 0 Å². The van der Waals surface area contributed by atoms with Gasteiger partial charge >= 0.3 is 5.97 Å². The second-order valence-electron chi connectivity index (χ2n) is 4.60. The van der Waals surface area contributed by atoms with Crippen molar-refractivity contribution in [1.82, 2.24) is 0 Å². The summed E-state index contributed by atoms with van der Waals surface area (Å²) in [7, 11) is 0. The number of rotatable bonds is 2. The van der Waals surface area contributed by atoms with Crippen LogP contribution in [0.2, 0.25) is 0 Å². The zero-order valence-electron chi connectivity index (χ0n) is 10.6. The number of carboxylic acids is 1. The van der Waals surface area contributed by atoms with Gasteiger partial charge in [0.1, 0.15) is 5.75 Å². The van der Waals surface area contributed by atoms with Gasteiger partial charge in [0, 0.05) is 5.56 Å². The minimum Gasteiger partial charge on any atom is -0.507 e. The molecule has 0 aliphatic heterocycles. The van der Waals surface area contributed by atoms with Gasteiger partial charge in [-0.05, 0) is 40.6 Å². The van der Waals surface area contributed by atoms with E-state index >= 15 is 0 Å². The van der Waals surface area contributed by atoms with Crippen LogP contribution in [0.1, 0.15) is 10.4 Å². The van der Waals surface area contributed by atoms with E-state index in [1.54, 1.807) is 18.2 Å². The van der Waals surface area contributed by atoms with Gasteiger partial charge in [0.15, 0.2) is 0 Å². The van der Waals surface area contributed by atoms with E-state index in [-0.39, 0.29) is 11.3 Å². The van der Waals surface area contributed by atoms with Crippen LogP contribution >= 0.6 is 0 Å². The van der Waals surface area contributed by atoms with E-state index in [1.807, 2.05) is 36.4 Å². The van der Waals surface area contributed by atoms with Crippen LogP contribution in [0.25, 0.3) is 21.9 Å². The molecule has 0 amide bonds. The first kappa shape index (κ1) is 12.2. The van der Waals surface area contributed by atoms with Gasteiger partial charge in [-0.2, -0.15) is 0 Å². The molecule has 3 rings (SSSR count). The molecule has 3 nitrogen and oxygen atoms in total. The van der Waals surface area contributed by atoms with E-state index < -0.39 is 5.97 Å². The Bertz CT molecular complexity index is 792. The smallest absolute Gasteiger partial charge is 0.335 e. The van der Waals surface area contributed by atoms with Crippen LogP contribution in [0.15, 0.2) is 60.7 Å². The minimum atomic E-state index is -0.957. The summed E-state index contributed by atoms with van der Waals surface area (Å²) in [4.78, 5) is 11.0. The largest absolute Gasteiger partial charge is 0.507 e. The molecule has 0 saturated carbocycles. The van der Waals surface area contributed by atoms with Crippen molar-refractivity contribution in [3.05, 3.63) is 66.2 Å². The number of benzene rings is 3. The third kappa shape index (κ3) is 2.10.